The summed E-state index contributed by atoms with van der Waals surface area (Å²) < 4.78 is 11.7. The summed E-state index contributed by atoms with van der Waals surface area (Å²) in [7, 11) is 0. The van der Waals surface area contributed by atoms with E-state index in [2.05, 4.69) is 84.5 Å². The Labute approximate surface area is 174 Å². The lowest BCUT2D eigenvalue weighted by atomic mass is 9.81. The van der Waals surface area contributed by atoms with Crippen LogP contribution < -0.4 is 9.47 Å². The summed E-state index contributed by atoms with van der Waals surface area (Å²) in [6, 6.07) is 23.2. The van der Waals surface area contributed by atoms with Crippen molar-refractivity contribution in [3.63, 3.8) is 0 Å². The lowest BCUT2D eigenvalue weighted by Crippen LogP contribution is -2.07. The minimum Gasteiger partial charge on any atom is -0.454 e. The molecule has 4 heteroatoms. The molecule has 0 atom stereocenters. The summed E-state index contributed by atoms with van der Waals surface area (Å²) in [5.41, 5.74) is 8.33. The minimum absolute atomic E-state index is 0.00829. The molecule has 0 saturated carbocycles. The van der Waals surface area contributed by atoms with Gasteiger partial charge in [-0.2, -0.15) is 0 Å². The fourth-order valence-electron chi connectivity index (χ4n) is 4.98. The van der Waals surface area contributed by atoms with Crippen molar-refractivity contribution in [3.8, 4) is 11.5 Å². The maximum Gasteiger partial charge on any atom is 0.231 e. The fraction of sp³-hybridized carbons (Fsp3) is 0.154. The number of H-pyrrole nitrogens is 2. The highest BCUT2D eigenvalue weighted by molar-refractivity contribution is 5.91. The molecule has 6 rings (SSSR count). The molecule has 5 aromatic rings. The number of ether oxygens (including phenoxy) is 2. The topological polar surface area (TPSA) is 50.0 Å². The minimum atomic E-state index is 0.00829. The van der Waals surface area contributed by atoms with Gasteiger partial charge in [-0.25, -0.2) is 0 Å². The predicted molar refractivity (Wildman–Crippen MR) is 120 cm³/mol. The van der Waals surface area contributed by atoms with Gasteiger partial charge in [0.25, 0.3) is 0 Å². The number of aromatic amines is 2. The first kappa shape index (κ1) is 17.2. The van der Waals surface area contributed by atoms with Gasteiger partial charge in [0.05, 0.1) is 0 Å². The number of aryl methyl sites for hydroxylation is 2. The van der Waals surface area contributed by atoms with E-state index in [9.17, 15) is 0 Å². The third-order valence-corrected chi connectivity index (χ3v) is 6.20. The molecule has 0 fully saturated rings. The van der Waals surface area contributed by atoms with E-state index in [4.69, 9.17) is 9.47 Å². The number of nitrogens with one attached hydrogen (secondary N) is 2. The zero-order valence-corrected chi connectivity index (χ0v) is 17.0. The van der Waals surface area contributed by atoms with Crippen LogP contribution >= 0.6 is 0 Å². The Morgan fingerprint density at radius 2 is 1.30 bits per heavy atom. The lowest BCUT2D eigenvalue weighted by Gasteiger charge is -2.21. The number of hydrogen-bond acceptors (Lipinski definition) is 2. The molecule has 2 aromatic heterocycles. The summed E-state index contributed by atoms with van der Waals surface area (Å²) in [5, 5.41) is 2.47. The molecular formula is C26H22N2O2. The maximum atomic E-state index is 5.97. The summed E-state index contributed by atoms with van der Waals surface area (Å²) >= 11 is 0. The highest BCUT2D eigenvalue weighted by Crippen LogP contribution is 2.48. The second-order valence-corrected chi connectivity index (χ2v) is 7.93. The van der Waals surface area contributed by atoms with Gasteiger partial charge in [0.1, 0.15) is 0 Å². The summed E-state index contributed by atoms with van der Waals surface area (Å²) in [6.07, 6.45) is 0. The van der Waals surface area contributed by atoms with Crippen molar-refractivity contribution in [2.24, 2.45) is 0 Å². The van der Waals surface area contributed by atoms with Crippen LogP contribution in [0.15, 0.2) is 66.7 Å². The Bertz CT molecular complexity index is 1330. The number of para-hydroxylation sites is 3. The molecule has 0 unspecified atom stereocenters. The smallest absolute Gasteiger partial charge is 0.231 e. The molecule has 0 bridgehead atoms. The standard InChI is InChI=1S/C26H22N2O2/c1-15-23(17-8-3-5-11-20(17)27-15)25(19-10-7-13-22-26(19)30-14-29-22)24-16(2)28-21-12-6-4-9-18(21)24/h3-13,25,27-28H,14H2,1-2H3. The van der Waals surface area contributed by atoms with E-state index in [1.165, 1.54) is 33.3 Å². The predicted octanol–water partition coefficient (Wildman–Crippen LogP) is 6.17. The molecule has 3 heterocycles. The Morgan fingerprint density at radius 3 is 1.93 bits per heavy atom. The monoisotopic (exact) mass is 394 g/mol. The van der Waals surface area contributed by atoms with Crippen LogP contribution in [0, 0.1) is 13.8 Å². The number of fused-ring (bicyclic) bond motifs is 3. The Kier molecular flexibility index (Phi) is 3.69. The first-order valence-electron chi connectivity index (χ1n) is 10.3. The van der Waals surface area contributed by atoms with Gasteiger partial charge in [0, 0.05) is 44.7 Å². The van der Waals surface area contributed by atoms with Crippen molar-refractivity contribution in [2.75, 3.05) is 6.79 Å². The van der Waals surface area contributed by atoms with E-state index in [0.717, 1.165) is 28.1 Å². The molecule has 30 heavy (non-hydrogen) atoms. The number of rotatable bonds is 3. The van der Waals surface area contributed by atoms with Gasteiger partial charge < -0.3 is 19.4 Å². The average molecular weight is 394 g/mol. The largest absolute Gasteiger partial charge is 0.454 e. The van der Waals surface area contributed by atoms with Gasteiger partial charge in [0.15, 0.2) is 11.5 Å². The van der Waals surface area contributed by atoms with Crippen molar-refractivity contribution in [1.29, 1.82) is 0 Å². The van der Waals surface area contributed by atoms with Crippen LogP contribution in [0.2, 0.25) is 0 Å². The average Bonchev–Trinajstić information content (AvgIpc) is 3.44. The summed E-state index contributed by atoms with van der Waals surface area (Å²) in [4.78, 5) is 7.18. The van der Waals surface area contributed by atoms with Crippen LogP contribution in [0.1, 0.15) is 34.0 Å². The molecule has 0 amide bonds. The molecule has 0 spiro atoms. The van der Waals surface area contributed by atoms with Gasteiger partial charge in [-0.3, -0.25) is 0 Å². The lowest BCUT2D eigenvalue weighted by molar-refractivity contribution is 0.173. The molecule has 3 aromatic carbocycles. The summed E-state index contributed by atoms with van der Waals surface area (Å²) in [5.74, 6) is 1.67. The van der Waals surface area contributed by atoms with Crippen molar-refractivity contribution >= 4 is 21.8 Å². The zero-order chi connectivity index (χ0) is 20.2. The second kappa shape index (κ2) is 6.42. The Balaban J connectivity index is 1.73. The molecular weight excluding hydrogens is 372 g/mol. The van der Waals surface area contributed by atoms with Crippen molar-refractivity contribution in [1.82, 2.24) is 9.97 Å². The molecule has 0 saturated heterocycles. The first-order valence-corrected chi connectivity index (χ1v) is 10.3. The van der Waals surface area contributed by atoms with Gasteiger partial charge >= 0.3 is 0 Å². The molecule has 4 nitrogen and oxygen atoms in total. The van der Waals surface area contributed by atoms with E-state index in [-0.39, 0.29) is 12.7 Å². The van der Waals surface area contributed by atoms with Gasteiger partial charge in [-0.15, -0.1) is 0 Å². The van der Waals surface area contributed by atoms with Crippen LogP contribution in [0.5, 0.6) is 11.5 Å². The van der Waals surface area contributed by atoms with E-state index in [1.54, 1.807) is 0 Å². The quantitative estimate of drug-likeness (QED) is 0.384. The van der Waals surface area contributed by atoms with Crippen LogP contribution in [0.25, 0.3) is 21.8 Å². The summed E-state index contributed by atoms with van der Waals surface area (Å²) in [6.45, 7) is 4.58. The van der Waals surface area contributed by atoms with Gasteiger partial charge in [0.2, 0.25) is 6.79 Å². The van der Waals surface area contributed by atoms with E-state index in [0.29, 0.717) is 0 Å². The Hall–Kier alpha value is -3.66. The molecule has 2 N–H and O–H groups in total. The number of hydrogen-bond donors (Lipinski definition) is 2. The SMILES string of the molecule is Cc1[nH]c2ccccc2c1C(c1cccc2c1OCO2)c1c(C)[nH]c2ccccc12. The number of aromatic nitrogens is 2. The fourth-order valence-corrected chi connectivity index (χ4v) is 4.98. The van der Waals surface area contributed by atoms with Crippen molar-refractivity contribution in [3.05, 3.63) is 94.8 Å². The third kappa shape index (κ3) is 2.40. The molecule has 1 aliphatic heterocycles. The van der Waals surface area contributed by atoms with Crippen LogP contribution in [-0.2, 0) is 0 Å². The normalized spacial score (nSPS) is 13.0. The van der Waals surface area contributed by atoms with Crippen LogP contribution in [0.4, 0.5) is 0 Å². The van der Waals surface area contributed by atoms with E-state index in [1.807, 2.05) is 6.07 Å². The molecule has 0 radical (unpaired) electrons. The molecule has 0 aliphatic carbocycles. The van der Waals surface area contributed by atoms with E-state index < -0.39 is 0 Å². The maximum absolute atomic E-state index is 5.97. The van der Waals surface area contributed by atoms with Gasteiger partial charge in [-0.05, 0) is 43.2 Å². The first-order chi connectivity index (χ1) is 14.7. The number of benzene rings is 3. The van der Waals surface area contributed by atoms with E-state index >= 15 is 0 Å². The van der Waals surface area contributed by atoms with Crippen molar-refractivity contribution in [2.45, 2.75) is 19.8 Å². The van der Waals surface area contributed by atoms with Gasteiger partial charge in [-0.1, -0.05) is 48.5 Å². The molecule has 148 valence electrons. The highest BCUT2D eigenvalue weighted by Gasteiger charge is 2.31. The van der Waals surface area contributed by atoms with Crippen LogP contribution in [0.3, 0.4) is 0 Å². The molecule has 1 aliphatic rings. The van der Waals surface area contributed by atoms with Crippen LogP contribution in [-0.4, -0.2) is 16.8 Å². The second-order valence-electron chi connectivity index (χ2n) is 7.93. The zero-order valence-electron chi connectivity index (χ0n) is 17.0. The highest BCUT2D eigenvalue weighted by atomic mass is 16.7. The third-order valence-electron chi connectivity index (χ3n) is 6.20. The Morgan fingerprint density at radius 1 is 0.700 bits per heavy atom. The van der Waals surface area contributed by atoms with Crippen molar-refractivity contribution < 1.29 is 9.47 Å².